The van der Waals surface area contributed by atoms with Gasteiger partial charge < -0.3 is 10.2 Å². The second kappa shape index (κ2) is 4.00. The Bertz CT molecular complexity index is 378. The molecule has 0 saturated carbocycles. The Hall–Kier alpha value is -1.39. The summed E-state index contributed by atoms with van der Waals surface area (Å²) in [5, 5.41) is 18.5. The molecular formula is C11H13NO3. The van der Waals surface area contributed by atoms with Crippen LogP contribution in [-0.2, 0) is 11.3 Å². The van der Waals surface area contributed by atoms with E-state index >= 15 is 0 Å². The average Bonchev–Trinajstić information content (AvgIpc) is 2.54. The summed E-state index contributed by atoms with van der Waals surface area (Å²) in [6.45, 7) is 1.01. The molecule has 0 spiro atoms. The van der Waals surface area contributed by atoms with Gasteiger partial charge in [0.05, 0.1) is 6.42 Å². The van der Waals surface area contributed by atoms with E-state index in [0.717, 1.165) is 11.1 Å². The summed E-state index contributed by atoms with van der Waals surface area (Å²) in [4.78, 5) is 12.2. The molecule has 4 nitrogen and oxygen atoms in total. The van der Waals surface area contributed by atoms with E-state index < -0.39 is 12.2 Å². The Morgan fingerprint density at radius 1 is 1.47 bits per heavy atom. The summed E-state index contributed by atoms with van der Waals surface area (Å²) in [5.74, 6) is -0.835. The zero-order chi connectivity index (χ0) is 10.8. The highest BCUT2D eigenvalue weighted by molar-refractivity contribution is 5.66. The molecule has 1 aliphatic heterocycles. The SMILES string of the molecule is O=C(O)CCN1Cc2ccccc2C1O. The summed E-state index contributed by atoms with van der Waals surface area (Å²) in [7, 11) is 0. The number of benzene rings is 1. The van der Waals surface area contributed by atoms with Crippen LogP contribution in [0.4, 0.5) is 0 Å². The summed E-state index contributed by atoms with van der Waals surface area (Å²) in [5.41, 5.74) is 1.97. The third kappa shape index (κ3) is 2.00. The van der Waals surface area contributed by atoms with Crippen molar-refractivity contribution in [2.24, 2.45) is 0 Å². The Morgan fingerprint density at radius 3 is 2.87 bits per heavy atom. The van der Waals surface area contributed by atoms with Crippen molar-refractivity contribution in [1.29, 1.82) is 0 Å². The number of carboxylic acids is 1. The molecule has 0 aromatic heterocycles. The van der Waals surface area contributed by atoms with Gasteiger partial charge in [-0.2, -0.15) is 0 Å². The molecular weight excluding hydrogens is 194 g/mol. The van der Waals surface area contributed by atoms with Crippen molar-refractivity contribution in [3.05, 3.63) is 35.4 Å². The van der Waals surface area contributed by atoms with Crippen LogP contribution in [0.15, 0.2) is 24.3 Å². The maximum atomic E-state index is 10.4. The first kappa shape index (κ1) is 10.1. The first-order valence-electron chi connectivity index (χ1n) is 4.90. The number of hydrogen-bond acceptors (Lipinski definition) is 3. The van der Waals surface area contributed by atoms with E-state index in [-0.39, 0.29) is 6.42 Å². The molecule has 1 atom stereocenters. The molecule has 0 amide bonds. The number of aliphatic carboxylic acids is 1. The highest BCUT2D eigenvalue weighted by Gasteiger charge is 2.27. The minimum Gasteiger partial charge on any atom is -0.481 e. The molecule has 0 bridgehead atoms. The third-order valence-electron chi connectivity index (χ3n) is 2.67. The minimum atomic E-state index is -0.835. The predicted molar refractivity (Wildman–Crippen MR) is 54.1 cm³/mol. The van der Waals surface area contributed by atoms with E-state index in [0.29, 0.717) is 13.1 Å². The smallest absolute Gasteiger partial charge is 0.304 e. The van der Waals surface area contributed by atoms with Gasteiger partial charge in [-0.25, -0.2) is 0 Å². The second-order valence-corrected chi connectivity index (χ2v) is 3.69. The van der Waals surface area contributed by atoms with Gasteiger partial charge >= 0.3 is 5.97 Å². The van der Waals surface area contributed by atoms with Crippen LogP contribution < -0.4 is 0 Å². The van der Waals surface area contributed by atoms with Crippen LogP contribution in [0.1, 0.15) is 23.8 Å². The normalized spacial score (nSPS) is 20.2. The van der Waals surface area contributed by atoms with Crippen molar-refractivity contribution < 1.29 is 15.0 Å². The summed E-state index contributed by atoms with van der Waals surface area (Å²) in [6.07, 6.45) is -0.592. The molecule has 4 heteroatoms. The number of fused-ring (bicyclic) bond motifs is 1. The molecule has 1 aromatic rings. The maximum absolute atomic E-state index is 10.4. The van der Waals surface area contributed by atoms with Gasteiger partial charge in [0.15, 0.2) is 0 Å². The van der Waals surface area contributed by atoms with E-state index in [9.17, 15) is 9.90 Å². The van der Waals surface area contributed by atoms with E-state index in [1.165, 1.54) is 0 Å². The average molecular weight is 207 g/mol. The van der Waals surface area contributed by atoms with Crippen molar-refractivity contribution >= 4 is 5.97 Å². The van der Waals surface area contributed by atoms with Gasteiger partial charge in [-0.15, -0.1) is 0 Å². The van der Waals surface area contributed by atoms with Crippen molar-refractivity contribution in [1.82, 2.24) is 4.90 Å². The molecule has 1 heterocycles. The molecule has 1 aliphatic rings. The quantitative estimate of drug-likeness (QED) is 0.775. The number of hydrogen-bond donors (Lipinski definition) is 2. The van der Waals surface area contributed by atoms with E-state index in [1.54, 1.807) is 4.90 Å². The lowest BCUT2D eigenvalue weighted by atomic mass is 10.1. The number of carboxylic acid groups (broad SMARTS) is 1. The van der Waals surface area contributed by atoms with Crippen LogP contribution >= 0.6 is 0 Å². The lowest BCUT2D eigenvalue weighted by molar-refractivity contribution is -0.138. The lowest BCUT2D eigenvalue weighted by Crippen LogP contribution is -2.24. The zero-order valence-corrected chi connectivity index (χ0v) is 8.26. The van der Waals surface area contributed by atoms with Gasteiger partial charge in [0, 0.05) is 13.1 Å². The fourth-order valence-corrected chi connectivity index (χ4v) is 1.87. The largest absolute Gasteiger partial charge is 0.481 e. The standard InChI is InChI=1S/C11H13NO3/c13-10(14)5-6-12-7-8-3-1-2-4-9(8)11(12)15/h1-4,11,15H,5-7H2,(H,13,14). The van der Waals surface area contributed by atoms with Crippen LogP contribution in [0.5, 0.6) is 0 Å². The molecule has 1 aromatic carbocycles. The number of rotatable bonds is 3. The van der Waals surface area contributed by atoms with Crippen LogP contribution in [0.2, 0.25) is 0 Å². The van der Waals surface area contributed by atoms with Crippen molar-refractivity contribution in [2.45, 2.75) is 19.2 Å². The Kier molecular flexibility index (Phi) is 2.70. The number of aliphatic hydroxyl groups excluding tert-OH is 1. The van der Waals surface area contributed by atoms with Crippen molar-refractivity contribution in [3.63, 3.8) is 0 Å². The Morgan fingerprint density at radius 2 is 2.20 bits per heavy atom. The van der Waals surface area contributed by atoms with E-state index in [2.05, 4.69) is 0 Å². The Labute approximate surface area is 87.8 Å². The van der Waals surface area contributed by atoms with Crippen LogP contribution in [0.3, 0.4) is 0 Å². The summed E-state index contributed by atoms with van der Waals surface area (Å²) < 4.78 is 0. The fourth-order valence-electron chi connectivity index (χ4n) is 1.87. The lowest BCUT2D eigenvalue weighted by Gasteiger charge is -2.18. The van der Waals surface area contributed by atoms with Gasteiger partial charge in [0.25, 0.3) is 0 Å². The minimum absolute atomic E-state index is 0.0606. The summed E-state index contributed by atoms with van der Waals surface area (Å²) in [6, 6.07) is 7.63. The molecule has 2 rings (SSSR count). The van der Waals surface area contributed by atoms with Gasteiger partial charge in [-0.3, -0.25) is 9.69 Å². The molecule has 1 unspecified atom stereocenters. The first-order chi connectivity index (χ1) is 7.18. The molecule has 15 heavy (non-hydrogen) atoms. The molecule has 2 N–H and O–H groups in total. The van der Waals surface area contributed by atoms with Crippen molar-refractivity contribution in [3.8, 4) is 0 Å². The molecule has 80 valence electrons. The molecule has 0 aliphatic carbocycles. The Balaban J connectivity index is 2.06. The number of nitrogens with zero attached hydrogens (tertiary/aromatic N) is 1. The maximum Gasteiger partial charge on any atom is 0.304 e. The predicted octanol–water partition coefficient (Wildman–Crippen LogP) is 0.968. The number of aliphatic hydroxyl groups is 1. The van der Waals surface area contributed by atoms with Gasteiger partial charge in [-0.1, -0.05) is 24.3 Å². The zero-order valence-electron chi connectivity index (χ0n) is 8.26. The van der Waals surface area contributed by atoms with Crippen molar-refractivity contribution in [2.75, 3.05) is 6.54 Å². The van der Waals surface area contributed by atoms with E-state index in [4.69, 9.17) is 5.11 Å². The van der Waals surface area contributed by atoms with Gasteiger partial charge in [0.2, 0.25) is 0 Å². The monoisotopic (exact) mass is 207 g/mol. The molecule has 0 radical (unpaired) electrons. The first-order valence-corrected chi connectivity index (χ1v) is 4.90. The third-order valence-corrected chi connectivity index (χ3v) is 2.67. The van der Waals surface area contributed by atoms with Gasteiger partial charge in [-0.05, 0) is 11.1 Å². The van der Waals surface area contributed by atoms with Crippen LogP contribution in [0.25, 0.3) is 0 Å². The highest BCUT2D eigenvalue weighted by Crippen LogP contribution is 2.30. The topological polar surface area (TPSA) is 60.8 Å². The van der Waals surface area contributed by atoms with E-state index in [1.807, 2.05) is 24.3 Å². The van der Waals surface area contributed by atoms with Crippen LogP contribution in [-0.4, -0.2) is 27.6 Å². The van der Waals surface area contributed by atoms with Crippen LogP contribution in [0, 0.1) is 0 Å². The molecule has 0 saturated heterocycles. The number of carbonyl (C=O) groups is 1. The fraction of sp³-hybridized carbons (Fsp3) is 0.364. The second-order valence-electron chi connectivity index (χ2n) is 3.69. The highest BCUT2D eigenvalue weighted by atomic mass is 16.4. The molecule has 0 fully saturated rings. The van der Waals surface area contributed by atoms with Gasteiger partial charge in [0.1, 0.15) is 6.23 Å². The summed E-state index contributed by atoms with van der Waals surface area (Å²) >= 11 is 0.